The Balaban J connectivity index is 2.54. The predicted octanol–water partition coefficient (Wildman–Crippen LogP) is 0.686. The first-order valence-corrected chi connectivity index (χ1v) is 3.61. The van der Waals surface area contributed by atoms with Gasteiger partial charge in [-0.05, 0) is 13.8 Å². The summed E-state index contributed by atoms with van der Waals surface area (Å²) in [5.74, 6) is -1.14. The first-order chi connectivity index (χ1) is 4.97. The molecule has 0 aromatic heterocycles. The molecule has 1 rings (SSSR count). The fraction of sp³-hybridized carbons (Fsp3) is 0.750. The van der Waals surface area contributed by atoms with Gasteiger partial charge in [0, 0.05) is 0 Å². The van der Waals surface area contributed by atoms with Gasteiger partial charge in [-0.25, -0.2) is 0 Å². The van der Waals surface area contributed by atoms with Crippen LogP contribution in [0, 0.1) is 0 Å². The van der Waals surface area contributed by atoms with Crippen LogP contribution in [-0.2, 0) is 9.47 Å². The van der Waals surface area contributed by atoms with E-state index >= 15 is 0 Å². The largest absolute Gasteiger partial charge is 0.364 e. The smallest absolute Gasteiger partial charge is 0.186 e. The topological polar surface area (TPSA) is 38.7 Å². The zero-order chi connectivity index (χ0) is 8.54. The molecule has 3 nitrogen and oxygen atoms in total. The average molecular weight is 158 g/mol. The molecular formula is C8H14O3. The van der Waals surface area contributed by atoms with E-state index in [4.69, 9.17) is 9.47 Å². The van der Waals surface area contributed by atoms with Gasteiger partial charge in [0.1, 0.15) is 12.2 Å². The maximum atomic E-state index is 9.32. The highest BCUT2D eigenvalue weighted by Gasteiger charge is 2.35. The molecule has 0 spiro atoms. The molecule has 0 amide bonds. The van der Waals surface area contributed by atoms with Crippen LogP contribution < -0.4 is 0 Å². The van der Waals surface area contributed by atoms with Crippen LogP contribution in [0.5, 0.6) is 0 Å². The third kappa shape index (κ3) is 2.02. The van der Waals surface area contributed by atoms with Crippen molar-refractivity contribution in [3.8, 4) is 0 Å². The highest BCUT2D eigenvalue weighted by atomic mass is 16.7. The number of ether oxygens (including phenoxy) is 2. The molecule has 1 aliphatic heterocycles. The van der Waals surface area contributed by atoms with Crippen molar-refractivity contribution in [1.29, 1.82) is 0 Å². The van der Waals surface area contributed by atoms with Gasteiger partial charge < -0.3 is 14.6 Å². The van der Waals surface area contributed by atoms with Gasteiger partial charge in [-0.1, -0.05) is 6.08 Å². The minimum atomic E-state index is -1.14. The second-order valence-electron chi connectivity index (χ2n) is 3.27. The summed E-state index contributed by atoms with van der Waals surface area (Å²) in [6.45, 7) is 7.61. The Kier molecular flexibility index (Phi) is 2.05. The lowest BCUT2D eigenvalue weighted by Crippen LogP contribution is -2.49. The van der Waals surface area contributed by atoms with Gasteiger partial charge in [-0.3, -0.25) is 0 Å². The molecule has 0 aromatic carbocycles. The Morgan fingerprint density at radius 3 is 2.36 bits per heavy atom. The van der Waals surface area contributed by atoms with Crippen molar-refractivity contribution in [2.45, 2.75) is 25.2 Å². The third-order valence-electron chi connectivity index (χ3n) is 1.77. The maximum Gasteiger partial charge on any atom is 0.186 e. The van der Waals surface area contributed by atoms with E-state index in [1.807, 2.05) is 6.92 Å². The summed E-state index contributed by atoms with van der Waals surface area (Å²) in [5, 5.41) is 9.32. The van der Waals surface area contributed by atoms with Crippen LogP contribution in [0.2, 0.25) is 0 Å². The molecule has 0 radical (unpaired) electrons. The minimum Gasteiger partial charge on any atom is -0.364 e. The van der Waals surface area contributed by atoms with Gasteiger partial charge >= 0.3 is 0 Å². The van der Waals surface area contributed by atoms with E-state index in [2.05, 4.69) is 6.58 Å². The highest BCUT2D eigenvalue weighted by molar-refractivity contribution is 4.96. The van der Waals surface area contributed by atoms with Crippen molar-refractivity contribution < 1.29 is 14.6 Å². The summed E-state index contributed by atoms with van der Waals surface area (Å²) in [6, 6.07) is 0. The lowest BCUT2D eigenvalue weighted by atomic mass is 10.1. The predicted molar refractivity (Wildman–Crippen MR) is 41.1 cm³/mol. The van der Waals surface area contributed by atoms with Crippen molar-refractivity contribution >= 4 is 0 Å². The summed E-state index contributed by atoms with van der Waals surface area (Å²) in [7, 11) is 0. The van der Waals surface area contributed by atoms with Gasteiger partial charge in [0.25, 0.3) is 0 Å². The Morgan fingerprint density at radius 2 is 2.00 bits per heavy atom. The third-order valence-corrected chi connectivity index (χ3v) is 1.77. The zero-order valence-corrected chi connectivity index (χ0v) is 6.96. The lowest BCUT2D eigenvalue weighted by molar-refractivity contribution is -0.292. The molecule has 1 unspecified atom stereocenters. The Bertz CT molecular complexity index is 153. The molecule has 2 atom stereocenters. The van der Waals surface area contributed by atoms with Crippen LogP contribution in [0.15, 0.2) is 12.7 Å². The summed E-state index contributed by atoms with van der Waals surface area (Å²) >= 11 is 0. The average Bonchev–Trinajstić information content (AvgIpc) is 1.97. The number of hydrogen-bond acceptors (Lipinski definition) is 3. The molecule has 1 saturated heterocycles. The van der Waals surface area contributed by atoms with E-state index in [0.717, 1.165) is 0 Å². The summed E-state index contributed by atoms with van der Waals surface area (Å²) < 4.78 is 10.5. The van der Waals surface area contributed by atoms with Crippen molar-refractivity contribution in [3.63, 3.8) is 0 Å². The fourth-order valence-electron chi connectivity index (χ4n) is 0.799. The molecule has 0 saturated carbocycles. The summed E-state index contributed by atoms with van der Waals surface area (Å²) in [4.78, 5) is 0. The summed E-state index contributed by atoms with van der Waals surface area (Å²) in [6.07, 6.45) is 1.68. The van der Waals surface area contributed by atoms with Gasteiger partial charge in [0.05, 0.1) is 6.61 Å². The van der Waals surface area contributed by atoms with Crippen LogP contribution in [0.1, 0.15) is 13.8 Å². The second-order valence-corrected chi connectivity index (χ2v) is 3.27. The lowest BCUT2D eigenvalue weighted by Gasteiger charge is -2.38. The van der Waals surface area contributed by atoms with Crippen LogP contribution in [0.25, 0.3) is 0 Å². The first kappa shape index (κ1) is 8.71. The van der Waals surface area contributed by atoms with Gasteiger partial charge in [-0.15, -0.1) is 6.58 Å². The molecule has 3 heteroatoms. The maximum absolute atomic E-state index is 9.32. The minimum absolute atomic E-state index is 0.190. The van der Waals surface area contributed by atoms with Gasteiger partial charge in [-0.2, -0.15) is 0 Å². The zero-order valence-electron chi connectivity index (χ0n) is 6.96. The van der Waals surface area contributed by atoms with E-state index in [-0.39, 0.29) is 6.61 Å². The fourth-order valence-corrected chi connectivity index (χ4v) is 0.799. The monoisotopic (exact) mass is 158 g/mol. The van der Waals surface area contributed by atoms with E-state index in [1.165, 1.54) is 0 Å². The molecule has 1 aliphatic rings. The van der Waals surface area contributed by atoms with Crippen molar-refractivity contribution in [2.75, 3.05) is 13.2 Å². The molecule has 64 valence electrons. The Labute approximate surface area is 66.6 Å². The molecule has 0 bridgehead atoms. The van der Waals surface area contributed by atoms with Crippen LogP contribution in [0.3, 0.4) is 0 Å². The normalized spacial score (nSPS) is 45.4. The van der Waals surface area contributed by atoms with Crippen LogP contribution in [0.4, 0.5) is 0 Å². The Morgan fingerprint density at radius 1 is 1.36 bits per heavy atom. The SMILES string of the molecule is C=C[C@]1(C)COC(C)(O)CO1. The first-order valence-electron chi connectivity index (χ1n) is 3.61. The van der Waals surface area contributed by atoms with Crippen molar-refractivity contribution in [1.82, 2.24) is 0 Å². The van der Waals surface area contributed by atoms with E-state index in [1.54, 1.807) is 13.0 Å². The molecule has 1 fully saturated rings. The van der Waals surface area contributed by atoms with Crippen LogP contribution >= 0.6 is 0 Å². The Hall–Kier alpha value is -0.380. The standard InChI is InChI=1S/C8H14O3/c1-4-7(2)5-11-8(3,9)6-10-7/h4,9H,1,5-6H2,2-3H3/t7-,8?/m1/s1. The molecule has 0 aliphatic carbocycles. The quantitative estimate of drug-likeness (QED) is 0.570. The second kappa shape index (κ2) is 2.59. The van der Waals surface area contributed by atoms with E-state index in [9.17, 15) is 5.11 Å². The van der Waals surface area contributed by atoms with Gasteiger partial charge in [0.2, 0.25) is 0 Å². The van der Waals surface area contributed by atoms with Crippen LogP contribution in [-0.4, -0.2) is 29.7 Å². The van der Waals surface area contributed by atoms with E-state index in [0.29, 0.717) is 6.61 Å². The van der Waals surface area contributed by atoms with E-state index < -0.39 is 11.4 Å². The number of rotatable bonds is 1. The molecule has 0 aromatic rings. The molecule has 11 heavy (non-hydrogen) atoms. The van der Waals surface area contributed by atoms with Crippen molar-refractivity contribution in [2.24, 2.45) is 0 Å². The summed E-state index contributed by atoms with van der Waals surface area (Å²) in [5.41, 5.74) is -0.442. The molecule has 1 N–H and O–H groups in total. The highest BCUT2D eigenvalue weighted by Crippen LogP contribution is 2.23. The molecule has 1 heterocycles. The number of aliphatic hydroxyl groups is 1. The van der Waals surface area contributed by atoms with Gasteiger partial charge in [0.15, 0.2) is 5.79 Å². The number of hydrogen-bond donors (Lipinski definition) is 1. The molecular weight excluding hydrogens is 144 g/mol. The van der Waals surface area contributed by atoms with Crippen molar-refractivity contribution in [3.05, 3.63) is 12.7 Å².